The molecule has 0 aromatic carbocycles. The molecule has 9 heteroatoms. The molecule has 2 amide bonds. The number of aryl methyl sites for hydroxylation is 1. The van der Waals surface area contributed by atoms with Gasteiger partial charge in [-0.1, -0.05) is 6.07 Å². The second-order valence-electron chi connectivity index (χ2n) is 8.44. The molecule has 1 fully saturated rings. The fourth-order valence-electron chi connectivity index (χ4n) is 3.51. The number of rotatable bonds is 2. The van der Waals surface area contributed by atoms with Gasteiger partial charge in [-0.05, 0) is 26.8 Å². The van der Waals surface area contributed by atoms with Crippen molar-refractivity contribution in [3.63, 3.8) is 0 Å². The van der Waals surface area contributed by atoms with Crippen LogP contribution >= 0.6 is 0 Å². The lowest BCUT2D eigenvalue weighted by molar-refractivity contribution is -0.118. The van der Waals surface area contributed by atoms with Crippen molar-refractivity contribution in [2.45, 2.75) is 32.8 Å². The number of pyridine rings is 1. The second kappa shape index (κ2) is 7.47. The molecular formula is C21H26N6O3. The summed E-state index contributed by atoms with van der Waals surface area (Å²) in [6.45, 7) is 6.64. The molecule has 0 N–H and O–H groups in total. The zero-order chi connectivity index (χ0) is 21.5. The summed E-state index contributed by atoms with van der Waals surface area (Å²) >= 11 is 0. The van der Waals surface area contributed by atoms with Gasteiger partial charge in [0, 0.05) is 56.6 Å². The highest BCUT2D eigenvalue weighted by atomic mass is 16.6. The van der Waals surface area contributed by atoms with Crippen LogP contribution in [0.5, 0.6) is 0 Å². The van der Waals surface area contributed by atoms with Gasteiger partial charge in [-0.2, -0.15) is 10.2 Å². The van der Waals surface area contributed by atoms with Gasteiger partial charge >= 0.3 is 6.09 Å². The largest absolute Gasteiger partial charge is 0.444 e. The Morgan fingerprint density at radius 1 is 1.03 bits per heavy atom. The molecule has 9 nitrogen and oxygen atoms in total. The fraction of sp³-hybridized carbons (Fsp3) is 0.429. The number of hydrogen-bond donors (Lipinski definition) is 0. The van der Waals surface area contributed by atoms with E-state index in [0.29, 0.717) is 19.6 Å². The highest BCUT2D eigenvalue weighted by Crippen LogP contribution is 2.27. The average Bonchev–Trinajstić information content (AvgIpc) is 3.23. The maximum atomic E-state index is 12.8. The van der Waals surface area contributed by atoms with E-state index in [9.17, 15) is 9.59 Å². The van der Waals surface area contributed by atoms with Crippen LogP contribution in [0.2, 0.25) is 0 Å². The number of ether oxygens (including phenoxy) is 1. The van der Waals surface area contributed by atoms with Crippen LogP contribution in [0.25, 0.3) is 16.6 Å². The predicted octanol–water partition coefficient (Wildman–Crippen LogP) is 2.71. The fourth-order valence-corrected chi connectivity index (χ4v) is 3.51. The van der Waals surface area contributed by atoms with Crippen molar-refractivity contribution in [2.75, 3.05) is 24.5 Å². The van der Waals surface area contributed by atoms with Gasteiger partial charge in [0.25, 0.3) is 0 Å². The maximum Gasteiger partial charge on any atom is 0.410 e. The third kappa shape index (κ3) is 4.00. The SMILES string of the molecule is Cn1cc(-c2ccc3c(N4CCN(C(=O)OC(C)(C)C)CCC4=O)cnn3c2)cn1. The average molecular weight is 410 g/mol. The Morgan fingerprint density at radius 3 is 2.53 bits per heavy atom. The molecule has 4 rings (SSSR count). The first kappa shape index (κ1) is 19.9. The first-order chi connectivity index (χ1) is 14.2. The number of aromatic nitrogens is 4. The van der Waals surface area contributed by atoms with E-state index in [1.807, 2.05) is 52.3 Å². The van der Waals surface area contributed by atoms with Gasteiger partial charge in [-0.15, -0.1) is 0 Å². The summed E-state index contributed by atoms with van der Waals surface area (Å²) in [7, 11) is 1.87. The topological polar surface area (TPSA) is 85.0 Å². The van der Waals surface area contributed by atoms with E-state index in [1.54, 1.807) is 31.4 Å². The van der Waals surface area contributed by atoms with Crippen LogP contribution < -0.4 is 4.90 Å². The van der Waals surface area contributed by atoms with Gasteiger partial charge < -0.3 is 14.5 Å². The van der Waals surface area contributed by atoms with Crippen LogP contribution in [-0.4, -0.2) is 61.5 Å². The van der Waals surface area contributed by atoms with Gasteiger partial charge in [0.2, 0.25) is 5.91 Å². The van der Waals surface area contributed by atoms with Crippen LogP contribution in [-0.2, 0) is 16.6 Å². The van der Waals surface area contributed by atoms with E-state index >= 15 is 0 Å². The minimum atomic E-state index is -0.568. The zero-order valence-corrected chi connectivity index (χ0v) is 17.7. The van der Waals surface area contributed by atoms with Crippen molar-refractivity contribution in [3.05, 3.63) is 36.9 Å². The predicted molar refractivity (Wildman–Crippen MR) is 112 cm³/mol. The van der Waals surface area contributed by atoms with Gasteiger partial charge in [0.15, 0.2) is 0 Å². The Kier molecular flexibility index (Phi) is 4.97. The summed E-state index contributed by atoms with van der Waals surface area (Å²) in [5, 5.41) is 8.65. The van der Waals surface area contributed by atoms with Gasteiger partial charge in [0.05, 0.1) is 23.6 Å². The van der Waals surface area contributed by atoms with Crippen molar-refractivity contribution < 1.29 is 14.3 Å². The molecule has 1 aliphatic rings. The molecule has 0 spiro atoms. The molecule has 0 atom stereocenters. The molecule has 3 aromatic rings. The van der Waals surface area contributed by atoms with E-state index in [1.165, 1.54) is 0 Å². The van der Waals surface area contributed by atoms with Crippen LogP contribution in [0.3, 0.4) is 0 Å². The van der Waals surface area contributed by atoms with Crippen molar-refractivity contribution in [1.29, 1.82) is 0 Å². The number of fused-ring (bicyclic) bond motifs is 1. The van der Waals surface area contributed by atoms with E-state index in [-0.39, 0.29) is 12.3 Å². The molecule has 0 bridgehead atoms. The Labute approximate surface area is 174 Å². The van der Waals surface area contributed by atoms with E-state index < -0.39 is 11.7 Å². The second-order valence-corrected chi connectivity index (χ2v) is 8.44. The highest BCUT2D eigenvalue weighted by Gasteiger charge is 2.29. The summed E-state index contributed by atoms with van der Waals surface area (Å²) < 4.78 is 8.97. The summed E-state index contributed by atoms with van der Waals surface area (Å²) in [5.74, 6) is -0.0349. The Bertz CT molecular complexity index is 1090. The van der Waals surface area contributed by atoms with Crippen molar-refractivity contribution in [2.24, 2.45) is 7.05 Å². The van der Waals surface area contributed by atoms with Crippen LogP contribution in [0.1, 0.15) is 27.2 Å². The molecule has 158 valence electrons. The van der Waals surface area contributed by atoms with Crippen LogP contribution in [0.15, 0.2) is 36.9 Å². The molecule has 0 saturated carbocycles. The number of carbonyl (C=O) groups is 2. The lowest BCUT2D eigenvalue weighted by atomic mass is 10.1. The standard InChI is InChI=1S/C21H26N6O3/c1-21(2,3)30-20(29)25-8-7-19(28)26(10-9-25)18-12-23-27-14-15(5-6-17(18)27)16-11-22-24(4)13-16/h5-6,11-14H,7-10H2,1-4H3. The number of nitrogens with zero attached hydrogens (tertiary/aromatic N) is 6. The summed E-state index contributed by atoms with van der Waals surface area (Å²) in [5.41, 5.74) is 2.99. The molecule has 0 radical (unpaired) electrons. The molecule has 0 aliphatic carbocycles. The zero-order valence-electron chi connectivity index (χ0n) is 17.7. The molecule has 1 saturated heterocycles. The summed E-state index contributed by atoms with van der Waals surface area (Å²) in [6, 6.07) is 3.95. The van der Waals surface area contributed by atoms with Crippen LogP contribution in [0.4, 0.5) is 10.5 Å². The quantitative estimate of drug-likeness (QED) is 0.649. The number of hydrogen-bond acceptors (Lipinski definition) is 5. The smallest absolute Gasteiger partial charge is 0.410 e. The van der Waals surface area contributed by atoms with Crippen LogP contribution in [0, 0.1) is 0 Å². The Balaban J connectivity index is 1.56. The molecule has 4 heterocycles. The van der Waals surface area contributed by atoms with Gasteiger partial charge in [0.1, 0.15) is 5.60 Å². The van der Waals surface area contributed by atoms with E-state index in [2.05, 4.69) is 10.2 Å². The van der Waals surface area contributed by atoms with Crippen molar-refractivity contribution in [1.82, 2.24) is 24.3 Å². The normalized spacial score (nSPS) is 15.5. The third-order valence-electron chi connectivity index (χ3n) is 4.97. The van der Waals surface area contributed by atoms with Crippen molar-refractivity contribution >= 4 is 23.2 Å². The molecule has 0 unspecified atom stereocenters. The number of anilines is 1. The molecular weight excluding hydrogens is 384 g/mol. The monoisotopic (exact) mass is 410 g/mol. The Morgan fingerprint density at radius 2 is 1.83 bits per heavy atom. The molecule has 3 aromatic heterocycles. The summed E-state index contributed by atoms with van der Waals surface area (Å²) in [4.78, 5) is 28.5. The first-order valence-electron chi connectivity index (χ1n) is 9.96. The van der Waals surface area contributed by atoms with E-state index in [4.69, 9.17) is 4.74 Å². The number of carbonyl (C=O) groups excluding carboxylic acids is 2. The highest BCUT2D eigenvalue weighted by molar-refractivity contribution is 5.98. The van der Waals surface area contributed by atoms with Crippen molar-refractivity contribution in [3.8, 4) is 11.1 Å². The minimum absolute atomic E-state index is 0.0349. The summed E-state index contributed by atoms with van der Waals surface area (Å²) in [6.07, 6.45) is 7.21. The van der Waals surface area contributed by atoms with Gasteiger partial charge in [-0.25, -0.2) is 9.31 Å². The van der Waals surface area contributed by atoms with Gasteiger partial charge in [-0.3, -0.25) is 9.48 Å². The lowest BCUT2D eigenvalue weighted by Gasteiger charge is -2.26. The molecule has 1 aliphatic heterocycles. The third-order valence-corrected chi connectivity index (χ3v) is 4.97. The lowest BCUT2D eigenvalue weighted by Crippen LogP contribution is -2.39. The minimum Gasteiger partial charge on any atom is -0.444 e. The van der Waals surface area contributed by atoms with E-state index in [0.717, 1.165) is 22.3 Å². The number of amides is 2. The molecule has 30 heavy (non-hydrogen) atoms. The Hall–Kier alpha value is -3.36. The maximum absolute atomic E-state index is 12.8. The first-order valence-corrected chi connectivity index (χ1v) is 9.96.